The topological polar surface area (TPSA) is 110 Å². The highest BCUT2D eigenvalue weighted by Crippen LogP contribution is 2.23. The van der Waals surface area contributed by atoms with Crippen molar-refractivity contribution in [2.24, 2.45) is 0 Å². The van der Waals surface area contributed by atoms with E-state index >= 15 is 0 Å². The number of benzene rings is 2. The molecule has 1 aromatic heterocycles. The lowest BCUT2D eigenvalue weighted by atomic mass is 10.1. The van der Waals surface area contributed by atoms with Crippen LogP contribution in [-0.4, -0.2) is 50.8 Å². The zero-order valence-corrected chi connectivity index (χ0v) is 15.5. The molecule has 4 rings (SSSR count). The molecule has 9 heteroatoms. The minimum absolute atomic E-state index is 0.0816. The molecule has 0 aliphatic carbocycles. The number of nitrogens with one attached hydrogen (secondary N) is 3. The summed E-state index contributed by atoms with van der Waals surface area (Å²) in [5.74, 6) is -0.356. The number of halogens is 1. The van der Waals surface area contributed by atoms with Crippen LogP contribution < -0.4 is 10.6 Å². The molecule has 1 aliphatic rings. The molecule has 1 saturated heterocycles. The summed E-state index contributed by atoms with van der Waals surface area (Å²) in [6, 6.07) is 10.8. The monoisotopic (exact) mass is 399 g/mol. The molecule has 1 aliphatic heterocycles. The van der Waals surface area contributed by atoms with Gasteiger partial charge in [0, 0.05) is 34.7 Å². The number of fused-ring (bicyclic) bond motifs is 1. The van der Waals surface area contributed by atoms with Crippen molar-refractivity contribution in [3.63, 3.8) is 0 Å². The van der Waals surface area contributed by atoms with Gasteiger partial charge in [-0.1, -0.05) is 11.6 Å². The second-order valence-electron chi connectivity index (χ2n) is 6.66. The van der Waals surface area contributed by atoms with Crippen molar-refractivity contribution in [1.82, 2.24) is 15.1 Å². The fourth-order valence-corrected chi connectivity index (χ4v) is 3.39. The van der Waals surface area contributed by atoms with E-state index in [-0.39, 0.29) is 18.9 Å². The third kappa shape index (κ3) is 3.78. The zero-order valence-electron chi connectivity index (χ0n) is 14.7. The van der Waals surface area contributed by atoms with Crippen LogP contribution in [0, 0.1) is 0 Å². The van der Waals surface area contributed by atoms with Gasteiger partial charge in [0.1, 0.15) is 6.04 Å². The fraction of sp³-hybridized carbons (Fsp3) is 0.211. The van der Waals surface area contributed by atoms with Crippen molar-refractivity contribution in [1.29, 1.82) is 0 Å². The molecule has 144 valence electrons. The maximum absolute atomic E-state index is 12.8. The van der Waals surface area contributed by atoms with Gasteiger partial charge in [-0.15, -0.1) is 0 Å². The molecule has 0 radical (unpaired) electrons. The van der Waals surface area contributed by atoms with Gasteiger partial charge in [-0.05, 0) is 42.5 Å². The van der Waals surface area contributed by atoms with Gasteiger partial charge in [0.15, 0.2) is 0 Å². The van der Waals surface area contributed by atoms with Crippen LogP contribution in [0.4, 0.5) is 16.2 Å². The Labute approximate surface area is 165 Å². The van der Waals surface area contributed by atoms with Crippen molar-refractivity contribution in [2.45, 2.75) is 18.6 Å². The Morgan fingerprint density at radius 2 is 1.89 bits per heavy atom. The Morgan fingerprint density at radius 1 is 1.14 bits per heavy atom. The summed E-state index contributed by atoms with van der Waals surface area (Å²) in [4.78, 5) is 26.7. The van der Waals surface area contributed by atoms with E-state index in [0.29, 0.717) is 16.4 Å². The number of aliphatic hydroxyl groups is 1. The summed E-state index contributed by atoms with van der Waals surface area (Å²) in [6.45, 7) is 0.0816. The number of hydrogen-bond acceptors (Lipinski definition) is 4. The van der Waals surface area contributed by atoms with Crippen molar-refractivity contribution < 1.29 is 14.7 Å². The molecule has 0 spiro atoms. The molecular weight excluding hydrogens is 382 g/mol. The molecule has 2 heterocycles. The van der Waals surface area contributed by atoms with Gasteiger partial charge < -0.3 is 20.6 Å². The number of amides is 3. The number of aliphatic hydroxyl groups excluding tert-OH is 1. The zero-order chi connectivity index (χ0) is 19.7. The normalized spacial score (nSPS) is 19.0. The number of β-amino-alcohol motifs (C(OH)–C–C–N with tert-alkyl or cyclic N) is 1. The first-order valence-corrected chi connectivity index (χ1v) is 9.12. The van der Waals surface area contributed by atoms with Crippen LogP contribution in [0.5, 0.6) is 0 Å². The van der Waals surface area contributed by atoms with Crippen LogP contribution in [0.25, 0.3) is 10.9 Å². The van der Waals surface area contributed by atoms with E-state index in [2.05, 4.69) is 20.8 Å². The maximum atomic E-state index is 12.8. The lowest BCUT2D eigenvalue weighted by Crippen LogP contribution is -2.45. The van der Waals surface area contributed by atoms with Gasteiger partial charge in [-0.25, -0.2) is 4.79 Å². The molecule has 3 amide bonds. The summed E-state index contributed by atoms with van der Waals surface area (Å²) in [5.41, 5.74) is 2.01. The number of H-pyrrole nitrogens is 1. The quantitative estimate of drug-likeness (QED) is 0.542. The van der Waals surface area contributed by atoms with Crippen molar-refractivity contribution in [3.05, 3.63) is 53.7 Å². The molecule has 0 bridgehead atoms. The lowest BCUT2D eigenvalue weighted by Gasteiger charge is -2.24. The molecule has 2 atom stereocenters. The number of rotatable bonds is 3. The van der Waals surface area contributed by atoms with Crippen molar-refractivity contribution in [2.75, 3.05) is 17.2 Å². The van der Waals surface area contributed by atoms with E-state index < -0.39 is 18.2 Å². The first kappa shape index (κ1) is 18.3. The van der Waals surface area contributed by atoms with Gasteiger partial charge >= 0.3 is 6.03 Å². The van der Waals surface area contributed by atoms with E-state index in [4.69, 9.17) is 11.6 Å². The minimum atomic E-state index is -0.776. The Balaban J connectivity index is 1.47. The second kappa shape index (κ2) is 7.49. The highest BCUT2D eigenvalue weighted by atomic mass is 35.5. The van der Waals surface area contributed by atoms with Crippen LogP contribution in [0.1, 0.15) is 6.42 Å². The van der Waals surface area contributed by atoms with Crippen LogP contribution in [0.15, 0.2) is 48.7 Å². The Bertz CT molecular complexity index is 1020. The summed E-state index contributed by atoms with van der Waals surface area (Å²) < 4.78 is 0. The van der Waals surface area contributed by atoms with Crippen LogP contribution in [-0.2, 0) is 4.79 Å². The SMILES string of the molecule is O=C(Nc1ccc2[nH]ncc2c1)[C@H]1C[C@H](O)CN1C(=O)Nc1ccc(Cl)cc1. The number of aromatic amines is 1. The predicted octanol–water partition coefficient (Wildman–Crippen LogP) is 2.82. The molecule has 8 nitrogen and oxygen atoms in total. The molecule has 4 N–H and O–H groups in total. The smallest absolute Gasteiger partial charge is 0.322 e. The molecule has 28 heavy (non-hydrogen) atoms. The molecule has 2 aromatic carbocycles. The molecule has 0 saturated carbocycles. The molecular formula is C19H18ClN5O3. The Hall–Kier alpha value is -3.10. The van der Waals surface area contributed by atoms with Gasteiger partial charge in [-0.2, -0.15) is 5.10 Å². The summed E-state index contributed by atoms with van der Waals surface area (Å²) in [6.07, 6.45) is 1.08. The van der Waals surface area contributed by atoms with Gasteiger partial charge in [0.05, 0.1) is 17.8 Å². The van der Waals surface area contributed by atoms with Gasteiger partial charge in [0.2, 0.25) is 5.91 Å². The number of anilines is 2. The number of nitrogens with zero attached hydrogens (tertiary/aromatic N) is 2. The molecule has 3 aromatic rings. The van der Waals surface area contributed by atoms with E-state index in [0.717, 1.165) is 10.9 Å². The van der Waals surface area contributed by atoms with E-state index in [1.165, 1.54) is 4.90 Å². The second-order valence-corrected chi connectivity index (χ2v) is 7.09. The minimum Gasteiger partial charge on any atom is -0.391 e. The van der Waals surface area contributed by atoms with Crippen LogP contribution in [0.3, 0.4) is 0 Å². The highest BCUT2D eigenvalue weighted by molar-refractivity contribution is 6.30. The predicted molar refractivity (Wildman–Crippen MR) is 106 cm³/mol. The van der Waals surface area contributed by atoms with Crippen LogP contribution in [0.2, 0.25) is 5.02 Å². The molecule has 0 unspecified atom stereocenters. The summed E-state index contributed by atoms with van der Waals surface area (Å²) >= 11 is 5.85. The highest BCUT2D eigenvalue weighted by Gasteiger charge is 2.39. The standard InChI is InChI=1S/C19H18ClN5O3/c20-12-1-3-13(4-2-12)23-19(28)25-10-15(26)8-17(25)18(27)22-14-5-6-16-11(7-14)9-21-24-16/h1-7,9,15,17,26H,8,10H2,(H,21,24)(H,22,27)(H,23,28)/t15-,17+/m0/s1. The van der Waals surface area contributed by atoms with E-state index in [1.807, 2.05) is 6.07 Å². The number of likely N-dealkylation sites (tertiary alicyclic amines) is 1. The third-order valence-electron chi connectivity index (χ3n) is 4.65. The lowest BCUT2D eigenvalue weighted by molar-refractivity contribution is -0.119. The number of carbonyl (C=O) groups is 2. The van der Waals surface area contributed by atoms with E-state index in [9.17, 15) is 14.7 Å². The summed E-state index contributed by atoms with van der Waals surface area (Å²) in [7, 11) is 0. The number of urea groups is 1. The largest absolute Gasteiger partial charge is 0.391 e. The number of aromatic nitrogens is 2. The average molecular weight is 400 g/mol. The Morgan fingerprint density at radius 3 is 2.68 bits per heavy atom. The average Bonchev–Trinajstić information content (AvgIpc) is 3.29. The third-order valence-corrected chi connectivity index (χ3v) is 4.90. The Kier molecular flexibility index (Phi) is 4.89. The fourth-order valence-electron chi connectivity index (χ4n) is 3.26. The van der Waals surface area contributed by atoms with Crippen molar-refractivity contribution in [3.8, 4) is 0 Å². The summed E-state index contributed by atoms with van der Waals surface area (Å²) in [5, 5.41) is 23.8. The molecule has 1 fully saturated rings. The van der Waals surface area contributed by atoms with Gasteiger partial charge in [-0.3, -0.25) is 9.89 Å². The first-order valence-electron chi connectivity index (χ1n) is 8.75. The van der Waals surface area contributed by atoms with Gasteiger partial charge in [0.25, 0.3) is 0 Å². The number of carbonyl (C=O) groups excluding carboxylic acids is 2. The maximum Gasteiger partial charge on any atom is 0.322 e. The van der Waals surface area contributed by atoms with Crippen LogP contribution >= 0.6 is 11.6 Å². The van der Waals surface area contributed by atoms with E-state index in [1.54, 1.807) is 42.6 Å². The number of hydrogen-bond donors (Lipinski definition) is 4. The first-order chi connectivity index (χ1) is 13.5. The van der Waals surface area contributed by atoms with Crippen molar-refractivity contribution >= 4 is 45.8 Å².